The molecule has 16 heavy (non-hydrogen) atoms. The van der Waals surface area contributed by atoms with Crippen LogP contribution in [0.25, 0.3) is 0 Å². The molecule has 88 valence electrons. The Kier molecular flexibility index (Phi) is 4.50. The van der Waals surface area contributed by atoms with Crippen LogP contribution in [0.3, 0.4) is 0 Å². The predicted molar refractivity (Wildman–Crippen MR) is 67.0 cm³/mol. The molecule has 1 atom stereocenters. The fourth-order valence-corrected chi connectivity index (χ4v) is 1.33. The summed E-state index contributed by atoms with van der Waals surface area (Å²) < 4.78 is 0. The fraction of sp³-hybridized carbons (Fsp3) is 0.462. The van der Waals surface area contributed by atoms with Gasteiger partial charge in [0.1, 0.15) is 0 Å². The SMILES string of the molecule is CC(C)C(C)C(=O)Nc1cccc(CN)c1. The van der Waals surface area contributed by atoms with Gasteiger partial charge in [0.15, 0.2) is 0 Å². The predicted octanol–water partition coefficient (Wildman–Crippen LogP) is 2.38. The van der Waals surface area contributed by atoms with Gasteiger partial charge in [0, 0.05) is 18.2 Å². The van der Waals surface area contributed by atoms with Crippen LogP contribution in [0.5, 0.6) is 0 Å². The Balaban J connectivity index is 2.69. The summed E-state index contributed by atoms with van der Waals surface area (Å²) in [5, 5.41) is 2.90. The summed E-state index contributed by atoms with van der Waals surface area (Å²) in [6, 6.07) is 7.63. The molecular formula is C13H20N2O. The minimum Gasteiger partial charge on any atom is -0.326 e. The summed E-state index contributed by atoms with van der Waals surface area (Å²) in [4.78, 5) is 11.8. The van der Waals surface area contributed by atoms with Gasteiger partial charge in [-0.15, -0.1) is 0 Å². The van der Waals surface area contributed by atoms with Crippen LogP contribution in [-0.2, 0) is 11.3 Å². The molecular weight excluding hydrogens is 200 g/mol. The largest absolute Gasteiger partial charge is 0.326 e. The third-order valence-corrected chi connectivity index (χ3v) is 2.84. The van der Waals surface area contributed by atoms with Gasteiger partial charge in [-0.2, -0.15) is 0 Å². The molecule has 3 heteroatoms. The fourth-order valence-electron chi connectivity index (χ4n) is 1.33. The van der Waals surface area contributed by atoms with Gasteiger partial charge in [-0.1, -0.05) is 32.9 Å². The number of nitrogens with one attached hydrogen (secondary N) is 1. The number of amides is 1. The molecule has 0 aliphatic rings. The molecule has 1 aromatic carbocycles. The van der Waals surface area contributed by atoms with Crippen molar-refractivity contribution in [2.24, 2.45) is 17.6 Å². The molecule has 0 bridgehead atoms. The molecule has 3 nitrogen and oxygen atoms in total. The molecule has 0 fully saturated rings. The highest BCUT2D eigenvalue weighted by Crippen LogP contribution is 2.15. The van der Waals surface area contributed by atoms with Crippen LogP contribution < -0.4 is 11.1 Å². The van der Waals surface area contributed by atoms with Crippen LogP contribution >= 0.6 is 0 Å². The number of rotatable bonds is 4. The van der Waals surface area contributed by atoms with Crippen molar-refractivity contribution in [2.45, 2.75) is 27.3 Å². The summed E-state index contributed by atoms with van der Waals surface area (Å²) in [5.74, 6) is 0.420. The Labute approximate surface area is 97.0 Å². The number of carbonyl (C=O) groups excluding carboxylic acids is 1. The maximum Gasteiger partial charge on any atom is 0.227 e. The second kappa shape index (κ2) is 5.66. The molecule has 1 unspecified atom stereocenters. The highest BCUT2D eigenvalue weighted by Gasteiger charge is 2.16. The molecule has 0 saturated carbocycles. The topological polar surface area (TPSA) is 55.1 Å². The van der Waals surface area contributed by atoms with Crippen LogP contribution in [0.15, 0.2) is 24.3 Å². The van der Waals surface area contributed by atoms with Gasteiger partial charge in [-0.3, -0.25) is 4.79 Å². The number of hydrogen-bond acceptors (Lipinski definition) is 2. The van der Waals surface area contributed by atoms with Crippen LogP contribution in [0.2, 0.25) is 0 Å². The molecule has 0 aliphatic carbocycles. The summed E-state index contributed by atoms with van der Waals surface area (Å²) in [6.07, 6.45) is 0. The molecule has 0 saturated heterocycles. The molecule has 0 aromatic heterocycles. The molecule has 0 radical (unpaired) electrons. The first-order chi connectivity index (χ1) is 7.54. The summed E-state index contributed by atoms with van der Waals surface area (Å²) in [7, 11) is 0. The Bertz CT molecular complexity index is 361. The van der Waals surface area contributed by atoms with Gasteiger partial charge in [-0.25, -0.2) is 0 Å². The van der Waals surface area contributed by atoms with E-state index in [0.717, 1.165) is 11.3 Å². The number of nitrogens with two attached hydrogens (primary N) is 1. The van der Waals surface area contributed by atoms with Crippen LogP contribution in [0, 0.1) is 11.8 Å². The molecule has 0 spiro atoms. The standard InChI is InChI=1S/C13H20N2O/c1-9(2)10(3)13(16)15-12-6-4-5-11(7-12)8-14/h4-7,9-10H,8,14H2,1-3H3,(H,15,16). The van der Waals surface area contributed by atoms with E-state index in [0.29, 0.717) is 12.5 Å². The Morgan fingerprint density at radius 1 is 1.38 bits per heavy atom. The number of anilines is 1. The second-order valence-electron chi connectivity index (χ2n) is 4.43. The first kappa shape index (κ1) is 12.7. The van der Waals surface area contributed by atoms with E-state index < -0.39 is 0 Å². The zero-order valence-electron chi connectivity index (χ0n) is 10.2. The normalized spacial score (nSPS) is 12.6. The minimum atomic E-state index is 0.0153. The van der Waals surface area contributed by atoms with Crippen molar-refractivity contribution < 1.29 is 4.79 Å². The zero-order chi connectivity index (χ0) is 12.1. The van der Waals surface area contributed by atoms with E-state index in [9.17, 15) is 4.79 Å². The van der Waals surface area contributed by atoms with E-state index in [1.54, 1.807) is 0 Å². The van der Waals surface area contributed by atoms with Crippen molar-refractivity contribution in [1.82, 2.24) is 0 Å². The van der Waals surface area contributed by atoms with Gasteiger partial charge < -0.3 is 11.1 Å². The van der Waals surface area contributed by atoms with Crippen molar-refractivity contribution in [1.29, 1.82) is 0 Å². The molecule has 0 aliphatic heterocycles. The summed E-state index contributed by atoms with van der Waals surface area (Å²) in [6.45, 7) is 6.51. The molecule has 1 aromatic rings. The molecule has 1 rings (SSSR count). The van der Waals surface area contributed by atoms with Gasteiger partial charge in [-0.05, 0) is 23.6 Å². The average Bonchev–Trinajstić information content (AvgIpc) is 2.28. The lowest BCUT2D eigenvalue weighted by Gasteiger charge is -2.15. The molecule has 0 heterocycles. The number of carbonyl (C=O) groups is 1. The van der Waals surface area contributed by atoms with E-state index in [2.05, 4.69) is 5.32 Å². The lowest BCUT2D eigenvalue weighted by Crippen LogP contribution is -2.24. The summed E-state index contributed by atoms with van der Waals surface area (Å²) in [5.41, 5.74) is 7.39. The lowest BCUT2D eigenvalue weighted by molar-refractivity contribution is -0.120. The molecule has 1 amide bonds. The maximum atomic E-state index is 11.8. The third-order valence-electron chi connectivity index (χ3n) is 2.84. The first-order valence-electron chi connectivity index (χ1n) is 5.64. The van der Waals surface area contributed by atoms with Crippen molar-refractivity contribution in [3.63, 3.8) is 0 Å². The van der Waals surface area contributed by atoms with Gasteiger partial charge in [0.2, 0.25) is 5.91 Å². The van der Waals surface area contributed by atoms with E-state index in [1.807, 2.05) is 45.0 Å². The van der Waals surface area contributed by atoms with Crippen molar-refractivity contribution in [3.8, 4) is 0 Å². The second-order valence-corrected chi connectivity index (χ2v) is 4.43. The monoisotopic (exact) mass is 220 g/mol. The Morgan fingerprint density at radius 3 is 2.62 bits per heavy atom. The first-order valence-corrected chi connectivity index (χ1v) is 5.64. The van der Waals surface area contributed by atoms with E-state index in [4.69, 9.17) is 5.73 Å². The maximum absolute atomic E-state index is 11.8. The Morgan fingerprint density at radius 2 is 2.06 bits per heavy atom. The average molecular weight is 220 g/mol. The molecule has 3 N–H and O–H groups in total. The highest BCUT2D eigenvalue weighted by molar-refractivity contribution is 5.92. The van der Waals surface area contributed by atoms with E-state index >= 15 is 0 Å². The van der Waals surface area contributed by atoms with E-state index in [1.165, 1.54) is 0 Å². The van der Waals surface area contributed by atoms with Crippen LogP contribution in [0.1, 0.15) is 26.3 Å². The van der Waals surface area contributed by atoms with Gasteiger partial charge in [0.25, 0.3) is 0 Å². The van der Waals surface area contributed by atoms with Gasteiger partial charge in [0.05, 0.1) is 0 Å². The Hall–Kier alpha value is -1.35. The summed E-state index contributed by atoms with van der Waals surface area (Å²) >= 11 is 0. The zero-order valence-corrected chi connectivity index (χ0v) is 10.2. The minimum absolute atomic E-state index is 0.0153. The lowest BCUT2D eigenvalue weighted by atomic mass is 9.97. The third kappa shape index (κ3) is 3.35. The van der Waals surface area contributed by atoms with E-state index in [-0.39, 0.29) is 11.8 Å². The number of hydrogen-bond donors (Lipinski definition) is 2. The van der Waals surface area contributed by atoms with Crippen LogP contribution in [0.4, 0.5) is 5.69 Å². The van der Waals surface area contributed by atoms with Crippen molar-refractivity contribution >= 4 is 11.6 Å². The van der Waals surface area contributed by atoms with Crippen LogP contribution in [-0.4, -0.2) is 5.91 Å². The highest BCUT2D eigenvalue weighted by atomic mass is 16.1. The van der Waals surface area contributed by atoms with Gasteiger partial charge >= 0.3 is 0 Å². The van der Waals surface area contributed by atoms with Crippen molar-refractivity contribution in [2.75, 3.05) is 5.32 Å². The smallest absolute Gasteiger partial charge is 0.227 e. The quantitative estimate of drug-likeness (QED) is 0.818. The number of benzene rings is 1. The van der Waals surface area contributed by atoms with Crippen molar-refractivity contribution in [3.05, 3.63) is 29.8 Å².